The molecule has 0 bridgehead atoms. The normalized spacial score (nSPS) is 17.0. The van der Waals surface area contributed by atoms with Crippen molar-refractivity contribution in [3.8, 4) is 0 Å². The molecule has 1 saturated heterocycles. The van der Waals surface area contributed by atoms with E-state index in [0.717, 1.165) is 29.9 Å². The van der Waals surface area contributed by atoms with Crippen molar-refractivity contribution in [3.05, 3.63) is 53.0 Å². The molecule has 1 aromatic heterocycles. The maximum atomic E-state index is 13.4. The summed E-state index contributed by atoms with van der Waals surface area (Å²) in [6, 6.07) is 6.79. The van der Waals surface area contributed by atoms with Gasteiger partial charge in [0.2, 0.25) is 5.89 Å². The molecular formula is C20H27FN4O2. The van der Waals surface area contributed by atoms with Gasteiger partial charge in [0.05, 0.1) is 12.2 Å². The second-order valence-corrected chi connectivity index (χ2v) is 6.93. The van der Waals surface area contributed by atoms with Crippen LogP contribution < -0.4 is 10.6 Å². The molecule has 0 atom stereocenters. The van der Waals surface area contributed by atoms with E-state index in [1.54, 1.807) is 7.05 Å². The molecule has 2 aromatic rings. The Morgan fingerprint density at radius 3 is 2.48 bits per heavy atom. The van der Waals surface area contributed by atoms with Gasteiger partial charge in [0.15, 0.2) is 5.96 Å². The number of rotatable bonds is 5. The summed E-state index contributed by atoms with van der Waals surface area (Å²) in [4.78, 5) is 8.66. The smallest absolute Gasteiger partial charge is 0.214 e. The van der Waals surface area contributed by atoms with Gasteiger partial charge in [-0.2, -0.15) is 0 Å². The summed E-state index contributed by atoms with van der Waals surface area (Å²) in [7, 11) is 1.73. The topological polar surface area (TPSA) is 71.7 Å². The number of aliphatic imine (C=N–C) groups is 1. The number of aryl methyl sites for hydroxylation is 2. The molecule has 0 aliphatic carbocycles. The number of aromatic nitrogens is 1. The summed E-state index contributed by atoms with van der Waals surface area (Å²) in [5.74, 6) is 1.92. The summed E-state index contributed by atoms with van der Waals surface area (Å²) < 4.78 is 24.5. The third-order valence-corrected chi connectivity index (χ3v) is 5.20. The van der Waals surface area contributed by atoms with Crippen molar-refractivity contribution >= 4 is 5.96 Å². The molecule has 0 unspecified atom stereocenters. The number of halogens is 1. The Bertz CT molecular complexity index is 760. The summed E-state index contributed by atoms with van der Waals surface area (Å²) in [6.07, 6.45) is 1.75. The van der Waals surface area contributed by atoms with Gasteiger partial charge in [0, 0.05) is 32.2 Å². The highest BCUT2D eigenvalue weighted by Gasteiger charge is 2.34. The average molecular weight is 374 g/mol. The van der Waals surface area contributed by atoms with E-state index in [9.17, 15) is 4.39 Å². The molecule has 0 saturated carbocycles. The van der Waals surface area contributed by atoms with Gasteiger partial charge in [-0.1, -0.05) is 12.1 Å². The lowest BCUT2D eigenvalue weighted by molar-refractivity contribution is 0.0513. The van der Waals surface area contributed by atoms with Crippen LogP contribution in [-0.4, -0.2) is 37.7 Å². The first-order valence-corrected chi connectivity index (χ1v) is 9.24. The molecule has 2 N–H and O–H groups in total. The van der Waals surface area contributed by atoms with E-state index >= 15 is 0 Å². The number of nitrogens with zero attached hydrogens (tertiary/aromatic N) is 2. The fraction of sp³-hybridized carbons (Fsp3) is 0.500. The fourth-order valence-electron chi connectivity index (χ4n) is 3.38. The van der Waals surface area contributed by atoms with Crippen molar-refractivity contribution in [2.75, 3.05) is 26.8 Å². The molecule has 3 rings (SSSR count). The van der Waals surface area contributed by atoms with Crippen LogP contribution in [0.3, 0.4) is 0 Å². The van der Waals surface area contributed by atoms with E-state index in [1.807, 2.05) is 26.0 Å². The zero-order valence-electron chi connectivity index (χ0n) is 16.1. The van der Waals surface area contributed by atoms with E-state index in [-0.39, 0.29) is 11.2 Å². The lowest BCUT2D eigenvalue weighted by Gasteiger charge is -2.38. The molecule has 1 aliphatic heterocycles. The number of benzene rings is 1. The number of ether oxygens (including phenoxy) is 1. The van der Waals surface area contributed by atoms with Crippen LogP contribution in [0.25, 0.3) is 0 Å². The van der Waals surface area contributed by atoms with Gasteiger partial charge in [-0.3, -0.25) is 4.99 Å². The van der Waals surface area contributed by atoms with Gasteiger partial charge < -0.3 is 19.8 Å². The molecule has 1 fully saturated rings. The molecule has 0 amide bonds. The third kappa shape index (κ3) is 4.66. The van der Waals surface area contributed by atoms with Crippen LogP contribution in [0.4, 0.5) is 4.39 Å². The van der Waals surface area contributed by atoms with E-state index in [0.29, 0.717) is 38.2 Å². The molecule has 27 heavy (non-hydrogen) atoms. The van der Waals surface area contributed by atoms with Gasteiger partial charge in [-0.15, -0.1) is 0 Å². The zero-order valence-corrected chi connectivity index (χ0v) is 16.1. The second kappa shape index (κ2) is 8.52. The lowest BCUT2D eigenvalue weighted by Crippen LogP contribution is -2.48. The van der Waals surface area contributed by atoms with Gasteiger partial charge in [0.1, 0.15) is 11.6 Å². The standard InChI is InChI=1S/C20H27FN4O2/c1-14-15(2)27-18(25-14)12-23-19(22-3)24-13-20(8-10-26-11-9-20)16-4-6-17(21)7-5-16/h4-7H,8-13H2,1-3H3,(H2,22,23,24). The van der Waals surface area contributed by atoms with Crippen molar-refractivity contribution in [2.45, 2.75) is 38.6 Å². The number of nitrogens with one attached hydrogen (secondary N) is 2. The SMILES string of the molecule is CN=C(NCc1nc(C)c(C)o1)NCC1(c2ccc(F)cc2)CCOCC1. The van der Waals surface area contributed by atoms with Crippen molar-refractivity contribution in [1.82, 2.24) is 15.6 Å². The van der Waals surface area contributed by atoms with E-state index in [4.69, 9.17) is 9.15 Å². The molecule has 1 aliphatic rings. The predicted molar refractivity (Wildman–Crippen MR) is 102 cm³/mol. The zero-order chi connectivity index (χ0) is 19.3. The van der Waals surface area contributed by atoms with E-state index in [1.165, 1.54) is 12.1 Å². The Morgan fingerprint density at radius 1 is 1.19 bits per heavy atom. The van der Waals surface area contributed by atoms with E-state index < -0.39 is 0 Å². The minimum Gasteiger partial charge on any atom is -0.444 e. The maximum Gasteiger partial charge on any atom is 0.214 e. The highest BCUT2D eigenvalue weighted by atomic mass is 19.1. The average Bonchev–Trinajstić information content (AvgIpc) is 3.01. The number of hydrogen-bond acceptors (Lipinski definition) is 4. The van der Waals surface area contributed by atoms with Gasteiger partial charge in [0.25, 0.3) is 0 Å². The Kier molecular flexibility index (Phi) is 6.11. The first-order chi connectivity index (χ1) is 13.0. The van der Waals surface area contributed by atoms with Gasteiger partial charge >= 0.3 is 0 Å². The van der Waals surface area contributed by atoms with Gasteiger partial charge in [-0.25, -0.2) is 9.37 Å². The van der Waals surface area contributed by atoms with Gasteiger partial charge in [-0.05, 0) is 44.4 Å². The molecule has 1 aromatic carbocycles. The maximum absolute atomic E-state index is 13.4. The Balaban J connectivity index is 1.65. The first kappa shape index (κ1) is 19.4. The largest absolute Gasteiger partial charge is 0.444 e. The lowest BCUT2D eigenvalue weighted by atomic mass is 9.74. The van der Waals surface area contributed by atoms with Crippen LogP contribution in [0.15, 0.2) is 33.7 Å². The molecule has 7 heteroatoms. The summed E-state index contributed by atoms with van der Waals surface area (Å²) in [5.41, 5.74) is 1.90. The number of guanidine groups is 1. The van der Waals surface area contributed by atoms with Crippen molar-refractivity contribution in [3.63, 3.8) is 0 Å². The molecule has 6 nitrogen and oxygen atoms in total. The highest BCUT2D eigenvalue weighted by molar-refractivity contribution is 5.79. The molecule has 146 valence electrons. The van der Waals surface area contributed by atoms with Crippen LogP contribution >= 0.6 is 0 Å². The number of hydrogen-bond donors (Lipinski definition) is 2. The van der Waals surface area contributed by atoms with Crippen LogP contribution in [0.2, 0.25) is 0 Å². The Hall–Kier alpha value is -2.41. The summed E-state index contributed by atoms with van der Waals surface area (Å²) in [6.45, 7) is 6.36. The summed E-state index contributed by atoms with van der Waals surface area (Å²) >= 11 is 0. The van der Waals surface area contributed by atoms with E-state index in [2.05, 4.69) is 20.6 Å². The highest BCUT2D eigenvalue weighted by Crippen LogP contribution is 2.34. The van der Waals surface area contributed by atoms with Crippen molar-refractivity contribution < 1.29 is 13.5 Å². The summed E-state index contributed by atoms with van der Waals surface area (Å²) in [5, 5.41) is 6.64. The van der Waals surface area contributed by atoms with Crippen LogP contribution in [0, 0.1) is 19.7 Å². The monoisotopic (exact) mass is 374 g/mol. The third-order valence-electron chi connectivity index (χ3n) is 5.20. The van der Waals surface area contributed by atoms with Crippen LogP contribution in [-0.2, 0) is 16.7 Å². The minimum atomic E-state index is -0.220. The molecule has 2 heterocycles. The minimum absolute atomic E-state index is 0.111. The van der Waals surface area contributed by atoms with Crippen molar-refractivity contribution in [1.29, 1.82) is 0 Å². The number of oxazole rings is 1. The Labute approximate surface area is 159 Å². The first-order valence-electron chi connectivity index (χ1n) is 9.24. The molecule has 0 radical (unpaired) electrons. The fourth-order valence-corrected chi connectivity index (χ4v) is 3.38. The quantitative estimate of drug-likeness (QED) is 0.622. The Morgan fingerprint density at radius 2 is 1.89 bits per heavy atom. The van der Waals surface area contributed by atoms with Crippen LogP contribution in [0.1, 0.15) is 35.7 Å². The van der Waals surface area contributed by atoms with Crippen molar-refractivity contribution in [2.24, 2.45) is 4.99 Å². The predicted octanol–water partition coefficient (Wildman–Crippen LogP) is 2.84. The molecular weight excluding hydrogens is 347 g/mol. The molecule has 0 spiro atoms. The second-order valence-electron chi connectivity index (χ2n) is 6.93. The van der Waals surface area contributed by atoms with Crippen LogP contribution in [0.5, 0.6) is 0 Å².